The van der Waals surface area contributed by atoms with E-state index in [2.05, 4.69) is 10.0 Å². The molecule has 0 amide bonds. The zero-order chi connectivity index (χ0) is 18.5. The fraction of sp³-hybridized carbons (Fsp3) is 0.600. The van der Waals surface area contributed by atoms with Crippen LogP contribution in [0, 0.1) is 6.92 Å². The maximum absolute atomic E-state index is 12.8. The molecule has 1 saturated heterocycles. The molecule has 0 radical (unpaired) electrons. The van der Waals surface area contributed by atoms with E-state index in [0.717, 1.165) is 6.54 Å². The van der Waals surface area contributed by atoms with Gasteiger partial charge in [-0.15, -0.1) is 0 Å². The van der Waals surface area contributed by atoms with E-state index in [1.165, 1.54) is 22.5 Å². The summed E-state index contributed by atoms with van der Waals surface area (Å²) in [6.07, 6.45) is 0. The molecule has 1 aromatic carbocycles. The number of hydrogen-bond acceptors (Lipinski definition) is 6. The molecule has 10 heteroatoms. The lowest BCUT2D eigenvalue weighted by molar-refractivity contribution is 0.0730. The topological polar surface area (TPSA) is 105 Å². The van der Waals surface area contributed by atoms with Crippen molar-refractivity contribution in [2.24, 2.45) is 0 Å². The lowest BCUT2D eigenvalue weighted by Gasteiger charge is -2.26. The third kappa shape index (κ3) is 4.99. The normalized spacial score (nSPS) is 16.9. The summed E-state index contributed by atoms with van der Waals surface area (Å²) in [7, 11) is -7.52. The van der Waals surface area contributed by atoms with Crippen LogP contribution in [0.4, 0.5) is 0 Å². The molecule has 0 atom stereocenters. The van der Waals surface area contributed by atoms with E-state index in [1.807, 2.05) is 6.92 Å². The number of hydrogen-bond donors (Lipinski definition) is 2. The Bertz CT molecular complexity index is 787. The van der Waals surface area contributed by atoms with Crippen LogP contribution in [0.1, 0.15) is 12.5 Å². The highest BCUT2D eigenvalue weighted by Crippen LogP contribution is 2.24. The average molecular weight is 392 g/mol. The highest BCUT2D eigenvalue weighted by molar-refractivity contribution is 7.90. The number of aryl methyl sites for hydroxylation is 1. The predicted molar refractivity (Wildman–Crippen MR) is 94.5 cm³/mol. The minimum atomic E-state index is -3.77. The lowest BCUT2D eigenvalue weighted by atomic mass is 10.2. The van der Waals surface area contributed by atoms with Crippen LogP contribution in [0.2, 0.25) is 0 Å². The fourth-order valence-electron chi connectivity index (χ4n) is 2.49. The Morgan fingerprint density at radius 2 is 1.80 bits per heavy atom. The van der Waals surface area contributed by atoms with Crippen LogP contribution in [0.3, 0.4) is 0 Å². The summed E-state index contributed by atoms with van der Waals surface area (Å²) in [5.41, 5.74) is 0.512. The second-order valence-corrected chi connectivity index (χ2v) is 9.37. The molecule has 0 aliphatic carbocycles. The van der Waals surface area contributed by atoms with Crippen molar-refractivity contribution >= 4 is 20.0 Å². The minimum absolute atomic E-state index is 0.0176. The molecule has 0 unspecified atom stereocenters. The number of nitrogens with one attached hydrogen (secondary N) is 2. The molecule has 1 aliphatic heterocycles. The molecule has 2 rings (SSSR count). The Balaban J connectivity index is 2.27. The summed E-state index contributed by atoms with van der Waals surface area (Å²) in [6.45, 7) is 6.26. The summed E-state index contributed by atoms with van der Waals surface area (Å²) < 4.78 is 59.4. The third-order valence-electron chi connectivity index (χ3n) is 3.90. The molecule has 1 aromatic rings. The average Bonchev–Trinajstić information content (AvgIpc) is 2.59. The third-order valence-corrected chi connectivity index (χ3v) is 7.40. The number of nitrogens with zero attached hydrogens (tertiary/aromatic N) is 1. The first-order valence-corrected chi connectivity index (χ1v) is 11.1. The molecular formula is C15H25N3O5S2. The van der Waals surface area contributed by atoms with Crippen LogP contribution in [0.5, 0.6) is 0 Å². The summed E-state index contributed by atoms with van der Waals surface area (Å²) in [5.74, 6) is 0. The van der Waals surface area contributed by atoms with Gasteiger partial charge in [-0.2, -0.15) is 4.31 Å². The molecule has 2 N–H and O–H groups in total. The molecule has 1 aliphatic rings. The number of sulfonamides is 2. The van der Waals surface area contributed by atoms with Gasteiger partial charge < -0.3 is 10.1 Å². The SMILES string of the molecule is CCNCCNS(=O)(=O)c1ccc(C)c(S(=O)(=O)N2CCOCC2)c1. The van der Waals surface area contributed by atoms with E-state index in [1.54, 1.807) is 6.92 Å². The van der Waals surface area contributed by atoms with Gasteiger partial charge in [-0.1, -0.05) is 13.0 Å². The highest BCUT2D eigenvalue weighted by Gasteiger charge is 2.29. The molecule has 0 saturated carbocycles. The molecule has 1 fully saturated rings. The summed E-state index contributed by atoms with van der Waals surface area (Å²) in [5, 5.41) is 3.02. The van der Waals surface area contributed by atoms with Crippen molar-refractivity contribution in [3.05, 3.63) is 23.8 Å². The van der Waals surface area contributed by atoms with Crippen molar-refractivity contribution in [2.75, 3.05) is 45.9 Å². The van der Waals surface area contributed by atoms with Crippen LogP contribution in [-0.4, -0.2) is 67.1 Å². The number of benzene rings is 1. The van der Waals surface area contributed by atoms with E-state index in [4.69, 9.17) is 4.74 Å². The second-order valence-electron chi connectivity index (χ2n) is 5.70. The molecule has 25 heavy (non-hydrogen) atoms. The largest absolute Gasteiger partial charge is 0.379 e. The van der Waals surface area contributed by atoms with Crippen molar-refractivity contribution in [3.8, 4) is 0 Å². The van der Waals surface area contributed by atoms with E-state index in [9.17, 15) is 16.8 Å². The van der Waals surface area contributed by atoms with E-state index < -0.39 is 20.0 Å². The van der Waals surface area contributed by atoms with Crippen LogP contribution in [-0.2, 0) is 24.8 Å². The standard InChI is InChI=1S/C15H25N3O5S2/c1-3-16-6-7-17-24(19,20)14-5-4-13(2)15(12-14)25(21,22)18-8-10-23-11-9-18/h4-5,12,16-17H,3,6-11H2,1-2H3. The number of likely N-dealkylation sites (N-methyl/N-ethyl adjacent to an activating group) is 1. The van der Waals surface area contributed by atoms with Crippen molar-refractivity contribution in [3.63, 3.8) is 0 Å². The van der Waals surface area contributed by atoms with E-state index in [-0.39, 0.29) is 29.4 Å². The number of rotatable bonds is 8. The number of ether oxygens (including phenoxy) is 1. The zero-order valence-electron chi connectivity index (χ0n) is 14.5. The van der Waals surface area contributed by atoms with Gasteiger partial charge in [-0.3, -0.25) is 0 Å². The summed E-state index contributed by atoms with van der Waals surface area (Å²) in [4.78, 5) is -0.0367. The highest BCUT2D eigenvalue weighted by atomic mass is 32.2. The second kappa shape index (κ2) is 8.56. The van der Waals surface area contributed by atoms with Gasteiger partial charge in [0.1, 0.15) is 0 Å². The summed E-state index contributed by atoms with van der Waals surface area (Å²) >= 11 is 0. The maximum Gasteiger partial charge on any atom is 0.243 e. The van der Waals surface area contributed by atoms with E-state index in [0.29, 0.717) is 25.3 Å². The van der Waals surface area contributed by atoms with Crippen LogP contribution in [0.15, 0.2) is 28.0 Å². The van der Waals surface area contributed by atoms with Crippen molar-refractivity contribution in [1.29, 1.82) is 0 Å². The predicted octanol–water partition coefficient (Wildman–Crippen LogP) is -0.0963. The van der Waals surface area contributed by atoms with Crippen LogP contribution in [0.25, 0.3) is 0 Å². The van der Waals surface area contributed by atoms with Gasteiger partial charge in [0.2, 0.25) is 20.0 Å². The van der Waals surface area contributed by atoms with Gasteiger partial charge in [0.15, 0.2) is 0 Å². The van der Waals surface area contributed by atoms with Gasteiger partial charge in [0.05, 0.1) is 23.0 Å². The Morgan fingerprint density at radius 3 is 2.44 bits per heavy atom. The monoisotopic (exact) mass is 391 g/mol. The number of morpholine rings is 1. The first-order chi connectivity index (χ1) is 11.8. The summed E-state index contributed by atoms with van der Waals surface area (Å²) in [6, 6.07) is 4.17. The van der Waals surface area contributed by atoms with Crippen LogP contribution < -0.4 is 10.0 Å². The first kappa shape index (κ1) is 20.3. The molecule has 142 valence electrons. The van der Waals surface area contributed by atoms with Crippen molar-refractivity contribution in [1.82, 2.24) is 14.3 Å². The molecule has 8 nitrogen and oxygen atoms in total. The smallest absolute Gasteiger partial charge is 0.243 e. The van der Waals surface area contributed by atoms with E-state index >= 15 is 0 Å². The van der Waals surface area contributed by atoms with Gasteiger partial charge in [0, 0.05) is 26.2 Å². The Morgan fingerprint density at radius 1 is 1.12 bits per heavy atom. The first-order valence-electron chi connectivity index (χ1n) is 8.18. The van der Waals surface area contributed by atoms with Crippen molar-refractivity contribution < 1.29 is 21.6 Å². The van der Waals surface area contributed by atoms with Gasteiger partial charge in [-0.05, 0) is 31.2 Å². The fourth-order valence-corrected chi connectivity index (χ4v) is 5.28. The molecule has 0 aromatic heterocycles. The molecule has 1 heterocycles. The maximum atomic E-state index is 12.8. The zero-order valence-corrected chi connectivity index (χ0v) is 16.1. The van der Waals surface area contributed by atoms with Gasteiger partial charge >= 0.3 is 0 Å². The van der Waals surface area contributed by atoms with Crippen LogP contribution >= 0.6 is 0 Å². The Hall–Kier alpha value is -1.04. The minimum Gasteiger partial charge on any atom is -0.379 e. The van der Waals surface area contributed by atoms with Crippen molar-refractivity contribution in [2.45, 2.75) is 23.6 Å². The molecular weight excluding hydrogens is 366 g/mol. The molecule has 0 bridgehead atoms. The van der Waals surface area contributed by atoms with Gasteiger partial charge in [0.25, 0.3) is 0 Å². The Kier molecular flexibility index (Phi) is 6.94. The lowest BCUT2D eigenvalue weighted by Crippen LogP contribution is -2.41. The van der Waals surface area contributed by atoms with Gasteiger partial charge in [-0.25, -0.2) is 21.6 Å². The molecule has 0 spiro atoms. The Labute approximate surface area is 149 Å². The quantitative estimate of drug-likeness (QED) is 0.600.